The second-order valence-corrected chi connectivity index (χ2v) is 13.1. The third-order valence-corrected chi connectivity index (χ3v) is 9.74. The molecule has 0 unspecified atom stereocenters. The molecule has 15 heteroatoms. The Morgan fingerprint density at radius 3 is 2.65 bits per heavy atom. The first-order chi connectivity index (χ1) is 19.0. The lowest BCUT2D eigenvalue weighted by Crippen LogP contribution is -2.28. The second-order valence-electron chi connectivity index (χ2n) is 8.93. The summed E-state index contributed by atoms with van der Waals surface area (Å²) in [5.74, 6) is -2.17. The number of esters is 1. The molecule has 0 spiro atoms. The highest BCUT2D eigenvalue weighted by atomic mass is 32.2. The molecule has 0 radical (unpaired) electrons. The van der Waals surface area contributed by atoms with E-state index in [2.05, 4.69) is 16.2 Å². The van der Waals surface area contributed by atoms with Gasteiger partial charge in [-0.1, -0.05) is 23.7 Å². The third kappa shape index (κ3) is 6.46. The minimum Gasteiger partial charge on any atom is -0.465 e. The van der Waals surface area contributed by atoms with E-state index in [-0.39, 0.29) is 27.6 Å². The summed E-state index contributed by atoms with van der Waals surface area (Å²) in [6.07, 6.45) is 9.67. The van der Waals surface area contributed by atoms with E-state index in [1.54, 1.807) is 0 Å². The minimum absolute atomic E-state index is 0.00754. The summed E-state index contributed by atoms with van der Waals surface area (Å²) < 4.78 is 32.2. The summed E-state index contributed by atoms with van der Waals surface area (Å²) >= 11 is 2.17. The summed E-state index contributed by atoms with van der Waals surface area (Å²) in [5.41, 5.74) is 1.39. The zero-order valence-corrected chi connectivity index (χ0v) is 23.7. The van der Waals surface area contributed by atoms with Gasteiger partial charge in [0.05, 0.1) is 34.4 Å². The zero-order valence-electron chi connectivity index (χ0n) is 21.3. The smallest absolute Gasteiger partial charge is 0.341 e. The van der Waals surface area contributed by atoms with Crippen LogP contribution in [0.4, 0.5) is 10.7 Å². The van der Waals surface area contributed by atoms with Crippen LogP contribution in [0.15, 0.2) is 23.2 Å². The number of nitrogens with zero attached hydrogens (tertiary/aromatic N) is 3. The van der Waals surface area contributed by atoms with Crippen molar-refractivity contribution >= 4 is 71.2 Å². The number of fused-ring (bicyclic) bond motifs is 2. The molecule has 0 aliphatic heterocycles. The molecule has 0 bridgehead atoms. The summed E-state index contributed by atoms with van der Waals surface area (Å²) in [6.45, 7) is -0.00754. The van der Waals surface area contributed by atoms with Gasteiger partial charge in [-0.2, -0.15) is 4.99 Å². The lowest BCUT2D eigenvalue weighted by atomic mass is 10.1. The molecule has 1 N–H and O–H groups in total. The van der Waals surface area contributed by atoms with Gasteiger partial charge < -0.3 is 14.6 Å². The summed E-state index contributed by atoms with van der Waals surface area (Å²) in [7, 11) is -3.01. The summed E-state index contributed by atoms with van der Waals surface area (Å²) in [5, 5.41) is 13.8. The molecule has 12 nitrogen and oxygen atoms in total. The number of ether oxygens (including phenoxy) is 1. The van der Waals surface area contributed by atoms with Gasteiger partial charge in [-0.3, -0.25) is 19.7 Å². The van der Waals surface area contributed by atoms with E-state index < -0.39 is 44.0 Å². The fourth-order valence-electron chi connectivity index (χ4n) is 4.39. The van der Waals surface area contributed by atoms with Gasteiger partial charge in [-0.05, 0) is 37.3 Å². The quantitative estimate of drug-likeness (QED) is 0.135. The molecular formula is C25H24N4O8S3. The Hall–Kier alpha value is -3.87. The largest absolute Gasteiger partial charge is 0.465 e. The predicted molar refractivity (Wildman–Crippen MR) is 150 cm³/mol. The summed E-state index contributed by atoms with van der Waals surface area (Å²) in [4.78, 5) is 53.2. The van der Waals surface area contributed by atoms with E-state index in [1.807, 2.05) is 0 Å². The molecule has 1 aliphatic rings. The molecule has 210 valence electrons. The van der Waals surface area contributed by atoms with Crippen molar-refractivity contribution in [3.05, 3.63) is 49.1 Å². The number of carbonyl (C=O) groups excluding carboxylic acids is 3. The van der Waals surface area contributed by atoms with Crippen LogP contribution in [0.2, 0.25) is 0 Å². The summed E-state index contributed by atoms with van der Waals surface area (Å²) in [6, 6.07) is 4.07. The molecule has 0 saturated carbocycles. The molecule has 0 saturated heterocycles. The number of non-ortho nitro benzene ring substituents is 1. The van der Waals surface area contributed by atoms with Gasteiger partial charge in [0.25, 0.3) is 11.6 Å². The normalized spacial score (nSPS) is 13.8. The van der Waals surface area contributed by atoms with Crippen LogP contribution >= 0.6 is 22.7 Å². The van der Waals surface area contributed by atoms with E-state index >= 15 is 0 Å². The number of anilines is 1. The van der Waals surface area contributed by atoms with E-state index in [9.17, 15) is 32.9 Å². The van der Waals surface area contributed by atoms with Crippen LogP contribution < -0.4 is 10.1 Å². The van der Waals surface area contributed by atoms with Crippen molar-refractivity contribution < 1.29 is 32.5 Å². The first-order valence-corrected chi connectivity index (χ1v) is 15.5. The average molecular weight is 605 g/mol. The molecule has 40 heavy (non-hydrogen) atoms. The van der Waals surface area contributed by atoms with Crippen molar-refractivity contribution in [3.8, 4) is 12.3 Å². The van der Waals surface area contributed by atoms with E-state index in [1.165, 1.54) is 41.2 Å². The van der Waals surface area contributed by atoms with Gasteiger partial charge in [0.15, 0.2) is 14.6 Å². The monoisotopic (exact) mass is 604 g/mol. The van der Waals surface area contributed by atoms with Crippen LogP contribution in [0.5, 0.6) is 0 Å². The van der Waals surface area contributed by atoms with Crippen LogP contribution in [0.3, 0.4) is 0 Å². The fourth-order valence-corrected chi connectivity index (χ4v) is 7.78. The number of nitro groups is 1. The fraction of sp³-hybridized carbons (Fsp3) is 0.360. The number of aryl methyl sites for hydroxylation is 1. The molecule has 4 rings (SSSR count). The van der Waals surface area contributed by atoms with Gasteiger partial charge in [-0.25, -0.2) is 13.2 Å². The van der Waals surface area contributed by atoms with Crippen LogP contribution in [-0.4, -0.2) is 54.3 Å². The van der Waals surface area contributed by atoms with E-state index in [0.717, 1.165) is 47.5 Å². The van der Waals surface area contributed by atoms with Gasteiger partial charge in [-0.15, -0.1) is 17.8 Å². The number of terminal acetylenes is 1. The molecular weight excluding hydrogens is 580 g/mol. The van der Waals surface area contributed by atoms with Crippen LogP contribution in [-0.2, 0) is 43.5 Å². The minimum atomic E-state index is -4.24. The number of carbonyl (C=O) groups is 3. The lowest BCUT2D eigenvalue weighted by Gasteiger charge is -2.07. The number of rotatable bonds is 8. The molecule has 1 aliphatic carbocycles. The number of hydrogen-bond acceptors (Lipinski definition) is 10. The molecule has 3 aromatic rings. The number of nitrogens with one attached hydrogen (secondary N) is 1. The Bertz CT molecular complexity index is 1740. The highest BCUT2D eigenvalue weighted by molar-refractivity contribution is 7.92. The van der Waals surface area contributed by atoms with Crippen molar-refractivity contribution in [1.29, 1.82) is 0 Å². The van der Waals surface area contributed by atoms with Gasteiger partial charge in [0, 0.05) is 17.0 Å². The van der Waals surface area contributed by atoms with Crippen LogP contribution in [0.1, 0.15) is 40.1 Å². The number of thiophene rings is 1. The predicted octanol–water partition coefficient (Wildman–Crippen LogP) is 2.84. The number of thiazole rings is 1. The Balaban J connectivity index is 1.53. The van der Waals surface area contributed by atoms with Crippen molar-refractivity contribution in [2.24, 2.45) is 4.99 Å². The SMILES string of the molecule is C#CCn1c(=NC(=O)CS(=O)(=O)CC(=O)Nc2sc3c(c2C(=O)OC)CCCCC3)sc2cc([N+](=O)[O-])ccc21. The highest BCUT2D eigenvalue weighted by Gasteiger charge is 2.28. The first-order valence-electron chi connectivity index (χ1n) is 12.0. The van der Waals surface area contributed by atoms with Gasteiger partial charge >= 0.3 is 5.97 Å². The second kappa shape index (κ2) is 12.1. The van der Waals surface area contributed by atoms with Crippen molar-refractivity contribution in [1.82, 2.24) is 4.57 Å². The molecule has 2 amide bonds. The van der Waals surface area contributed by atoms with E-state index in [4.69, 9.17) is 11.2 Å². The Kier molecular flexibility index (Phi) is 8.82. The Labute approximate surface area is 236 Å². The maximum absolute atomic E-state index is 12.7. The van der Waals surface area contributed by atoms with Crippen LogP contribution in [0.25, 0.3) is 10.2 Å². The van der Waals surface area contributed by atoms with Gasteiger partial charge in [0.2, 0.25) is 5.91 Å². The molecule has 2 aromatic heterocycles. The number of nitro benzene ring substituents is 1. The Morgan fingerprint density at radius 1 is 1.20 bits per heavy atom. The zero-order chi connectivity index (χ0) is 29.0. The Morgan fingerprint density at radius 2 is 1.95 bits per heavy atom. The number of hydrogen-bond donors (Lipinski definition) is 1. The molecule has 1 aromatic carbocycles. The third-order valence-electron chi connectivity index (χ3n) is 6.11. The number of aromatic nitrogens is 1. The topological polar surface area (TPSA) is 167 Å². The van der Waals surface area contributed by atoms with Crippen molar-refractivity contribution in [2.45, 2.75) is 38.6 Å². The molecule has 0 fully saturated rings. The average Bonchev–Trinajstić information content (AvgIpc) is 3.29. The van der Waals surface area contributed by atoms with E-state index in [0.29, 0.717) is 16.6 Å². The number of sulfone groups is 1. The maximum Gasteiger partial charge on any atom is 0.341 e. The van der Waals surface area contributed by atoms with Crippen molar-refractivity contribution in [3.63, 3.8) is 0 Å². The van der Waals surface area contributed by atoms with Crippen molar-refractivity contribution in [2.75, 3.05) is 23.9 Å². The highest BCUT2D eigenvalue weighted by Crippen LogP contribution is 2.38. The molecule has 2 heterocycles. The van der Waals surface area contributed by atoms with Gasteiger partial charge in [0.1, 0.15) is 16.5 Å². The number of benzene rings is 1. The van der Waals surface area contributed by atoms with Crippen LogP contribution in [0, 0.1) is 22.5 Å². The maximum atomic E-state index is 12.7. The number of amides is 2. The lowest BCUT2D eigenvalue weighted by molar-refractivity contribution is -0.384. The molecule has 0 atom stereocenters. The number of methoxy groups -OCH3 is 1. The standard InChI is InChI=1S/C25H24N4O8S3/c1-3-11-28-17-10-9-15(29(33)34)12-19(17)39-25(28)27-21(31)14-40(35,36)13-20(30)26-23-22(24(32)37-2)16-7-5-4-6-8-18(16)38-23/h1,9-10,12H,4-8,11,13-14H2,2H3,(H,26,30). The first kappa shape index (κ1) is 29.1.